The van der Waals surface area contributed by atoms with E-state index in [0.717, 1.165) is 48.5 Å². The Morgan fingerprint density at radius 2 is 1.80 bits per heavy atom. The van der Waals surface area contributed by atoms with Gasteiger partial charge < -0.3 is 10.4 Å². The highest BCUT2D eigenvalue weighted by Crippen LogP contribution is 2.64. The fraction of sp³-hybridized carbons (Fsp3) is 0.769. The van der Waals surface area contributed by atoms with Gasteiger partial charge in [-0.1, -0.05) is 6.92 Å². The number of amides is 1. The molecule has 4 nitrogen and oxygen atoms in total. The normalized spacial score (nSPS) is 45.2. The van der Waals surface area contributed by atoms with E-state index in [1.165, 1.54) is 38.5 Å². The van der Waals surface area contributed by atoms with E-state index >= 15 is 0 Å². The minimum Gasteiger partial charge on any atom is -0.390 e. The van der Waals surface area contributed by atoms with Crippen LogP contribution in [0.25, 0.3) is 0 Å². The third-order valence-corrected chi connectivity index (χ3v) is 9.77. The van der Waals surface area contributed by atoms with Crippen molar-refractivity contribution in [1.82, 2.24) is 10.3 Å². The summed E-state index contributed by atoms with van der Waals surface area (Å²) in [6.45, 7) is 5.07. The van der Waals surface area contributed by atoms with Gasteiger partial charge in [0.15, 0.2) is 0 Å². The highest BCUT2D eigenvalue weighted by Gasteiger charge is 2.58. The van der Waals surface area contributed by atoms with Gasteiger partial charge in [-0.2, -0.15) is 0 Å². The van der Waals surface area contributed by atoms with E-state index in [2.05, 4.69) is 17.2 Å². The molecule has 0 aliphatic heterocycles. The Balaban J connectivity index is 1.27. The van der Waals surface area contributed by atoms with Crippen LogP contribution in [-0.4, -0.2) is 21.6 Å². The first kappa shape index (κ1) is 20.5. The average molecular weight is 411 g/mol. The molecule has 2 N–H and O–H groups in total. The van der Waals surface area contributed by atoms with Gasteiger partial charge in [0.1, 0.15) is 0 Å². The molecule has 1 aromatic heterocycles. The molecule has 4 aliphatic rings. The number of hydrogen-bond donors (Lipinski definition) is 2. The van der Waals surface area contributed by atoms with E-state index in [1.54, 1.807) is 12.4 Å². The minimum absolute atomic E-state index is 0.162. The van der Waals surface area contributed by atoms with Crippen LogP contribution in [0.3, 0.4) is 0 Å². The Kier molecular flexibility index (Phi) is 5.20. The van der Waals surface area contributed by atoms with Crippen molar-refractivity contribution in [3.05, 3.63) is 30.1 Å². The van der Waals surface area contributed by atoms with Crippen LogP contribution >= 0.6 is 0 Å². The van der Waals surface area contributed by atoms with E-state index in [9.17, 15) is 9.90 Å². The molecule has 0 aromatic carbocycles. The number of rotatable bonds is 3. The van der Waals surface area contributed by atoms with Gasteiger partial charge in [0.2, 0.25) is 5.91 Å². The summed E-state index contributed by atoms with van der Waals surface area (Å²) in [6.07, 6.45) is 14.1. The maximum Gasteiger partial charge on any atom is 0.223 e. The average Bonchev–Trinajstić information content (AvgIpc) is 3.09. The highest BCUT2D eigenvalue weighted by atomic mass is 16.3. The Morgan fingerprint density at radius 3 is 2.60 bits per heavy atom. The zero-order chi connectivity index (χ0) is 20.9. The molecule has 1 aromatic rings. The van der Waals surface area contributed by atoms with Crippen molar-refractivity contribution in [3.8, 4) is 0 Å². The van der Waals surface area contributed by atoms with Crippen LogP contribution in [0.2, 0.25) is 0 Å². The van der Waals surface area contributed by atoms with Crippen LogP contribution in [-0.2, 0) is 11.3 Å². The number of fused-ring (bicyclic) bond motifs is 5. The van der Waals surface area contributed by atoms with Crippen LogP contribution in [0.15, 0.2) is 24.5 Å². The van der Waals surface area contributed by atoms with E-state index in [4.69, 9.17) is 0 Å². The topological polar surface area (TPSA) is 62.2 Å². The summed E-state index contributed by atoms with van der Waals surface area (Å²) in [4.78, 5) is 17.2. The molecule has 4 aliphatic carbocycles. The molecule has 4 fully saturated rings. The van der Waals surface area contributed by atoms with Crippen molar-refractivity contribution in [1.29, 1.82) is 0 Å². The number of hydrogen-bond acceptors (Lipinski definition) is 3. The van der Waals surface area contributed by atoms with Crippen molar-refractivity contribution in [2.75, 3.05) is 0 Å². The molecule has 8 atom stereocenters. The first-order valence-corrected chi connectivity index (χ1v) is 12.3. The molecule has 0 radical (unpaired) electrons. The van der Waals surface area contributed by atoms with Crippen molar-refractivity contribution >= 4 is 5.91 Å². The summed E-state index contributed by atoms with van der Waals surface area (Å²) < 4.78 is 0. The zero-order valence-electron chi connectivity index (χ0n) is 18.6. The van der Waals surface area contributed by atoms with Crippen molar-refractivity contribution in [2.24, 2.45) is 40.9 Å². The Hall–Kier alpha value is -1.42. The van der Waals surface area contributed by atoms with Crippen LogP contribution in [0.5, 0.6) is 0 Å². The van der Waals surface area contributed by atoms with Crippen molar-refractivity contribution in [3.63, 3.8) is 0 Å². The smallest absolute Gasteiger partial charge is 0.223 e. The predicted molar refractivity (Wildman–Crippen MR) is 117 cm³/mol. The van der Waals surface area contributed by atoms with Gasteiger partial charge in [0.25, 0.3) is 0 Å². The number of nitrogens with one attached hydrogen (secondary N) is 1. The SMILES string of the molecule is C[C@@]1(O)CC[C@H]2[C@H](CC[C@@H]3[C@@H]2CC[C@]2(C)[C@@H](C(=O)NCc4ccncc4)CC[C@@H]32)C1. The molecule has 5 rings (SSSR count). The number of carbonyl (C=O) groups is 1. The van der Waals surface area contributed by atoms with Gasteiger partial charge in [-0.25, -0.2) is 0 Å². The summed E-state index contributed by atoms with van der Waals surface area (Å²) in [5.74, 6) is 4.29. The van der Waals surface area contributed by atoms with Crippen molar-refractivity contribution in [2.45, 2.75) is 83.8 Å². The Labute approximate surface area is 181 Å². The Bertz CT molecular complexity index is 778. The summed E-state index contributed by atoms with van der Waals surface area (Å²) >= 11 is 0. The molecule has 0 spiro atoms. The third kappa shape index (κ3) is 3.49. The first-order chi connectivity index (χ1) is 14.4. The lowest BCUT2D eigenvalue weighted by Crippen LogP contribution is -2.51. The van der Waals surface area contributed by atoms with Gasteiger partial charge in [0, 0.05) is 24.9 Å². The molecule has 0 bridgehead atoms. The summed E-state index contributed by atoms with van der Waals surface area (Å²) in [6, 6.07) is 3.95. The fourth-order valence-electron chi connectivity index (χ4n) is 8.33. The van der Waals surface area contributed by atoms with Crippen LogP contribution in [0.1, 0.15) is 77.2 Å². The quantitative estimate of drug-likeness (QED) is 0.758. The zero-order valence-corrected chi connectivity index (χ0v) is 18.6. The lowest BCUT2D eigenvalue weighted by atomic mass is 9.49. The van der Waals surface area contributed by atoms with Gasteiger partial charge in [-0.15, -0.1) is 0 Å². The molecule has 4 heteroatoms. The largest absolute Gasteiger partial charge is 0.390 e. The lowest BCUT2D eigenvalue weighted by molar-refractivity contribution is -0.134. The molecule has 0 saturated heterocycles. The number of nitrogens with zero attached hydrogens (tertiary/aromatic N) is 1. The summed E-state index contributed by atoms with van der Waals surface area (Å²) in [7, 11) is 0. The molecule has 1 amide bonds. The van der Waals surface area contributed by atoms with Gasteiger partial charge in [-0.3, -0.25) is 9.78 Å². The Morgan fingerprint density at radius 1 is 1.03 bits per heavy atom. The number of aromatic nitrogens is 1. The molecule has 164 valence electrons. The predicted octanol–water partition coefficient (Wildman–Crippen LogP) is 4.72. The van der Waals surface area contributed by atoms with Crippen LogP contribution < -0.4 is 5.32 Å². The number of carbonyl (C=O) groups excluding carboxylic acids is 1. The fourth-order valence-corrected chi connectivity index (χ4v) is 8.33. The van der Waals surface area contributed by atoms with E-state index < -0.39 is 5.60 Å². The maximum atomic E-state index is 13.2. The number of aliphatic hydroxyl groups is 1. The second-order valence-corrected chi connectivity index (χ2v) is 11.4. The highest BCUT2D eigenvalue weighted by molar-refractivity contribution is 5.80. The second-order valence-electron chi connectivity index (χ2n) is 11.4. The monoisotopic (exact) mass is 410 g/mol. The molecule has 30 heavy (non-hydrogen) atoms. The van der Waals surface area contributed by atoms with Gasteiger partial charge in [-0.05, 0) is 117 Å². The molecule has 4 saturated carbocycles. The summed E-state index contributed by atoms with van der Waals surface area (Å²) in [5, 5.41) is 13.8. The second kappa shape index (κ2) is 7.62. The minimum atomic E-state index is -0.442. The first-order valence-electron chi connectivity index (χ1n) is 12.3. The van der Waals surface area contributed by atoms with Crippen LogP contribution in [0, 0.1) is 40.9 Å². The maximum absolute atomic E-state index is 13.2. The van der Waals surface area contributed by atoms with Gasteiger partial charge >= 0.3 is 0 Å². The standard InChI is InChI=1S/C26H38N2O2/c1-25(30)11-7-19-18(15-25)3-4-21-20(19)8-12-26(2)22(21)5-6-23(26)24(29)28-16-17-9-13-27-14-10-17/h9-10,13-14,18-23,30H,3-8,11-12,15-16H2,1-2H3,(H,28,29)/t18-,19+,20-,21-,22+,23-,25-,26+/m1/s1. The molecular weight excluding hydrogens is 372 g/mol. The lowest BCUT2D eigenvalue weighted by Gasteiger charge is -2.56. The molecule has 1 heterocycles. The van der Waals surface area contributed by atoms with Crippen molar-refractivity contribution < 1.29 is 9.90 Å². The molecular formula is C26H38N2O2. The molecule has 0 unspecified atom stereocenters. The third-order valence-electron chi connectivity index (χ3n) is 9.77. The van der Waals surface area contributed by atoms with Gasteiger partial charge in [0.05, 0.1) is 5.60 Å². The van der Waals surface area contributed by atoms with Crippen LogP contribution in [0.4, 0.5) is 0 Å². The summed E-state index contributed by atoms with van der Waals surface area (Å²) in [5.41, 5.74) is 0.840. The van der Waals surface area contributed by atoms with E-state index in [1.807, 2.05) is 19.1 Å². The van der Waals surface area contributed by atoms with E-state index in [0.29, 0.717) is 12.5 Å². The van der Waals surface area contributed by atoms with E-state index in [-0.39, 0.29) is 17.2 Å². The number of pyridine rings is 1.